The molecule has 6 heteroatoms. The third kappa shape index (κ3) is 3.11. The second kappa shape index (κ2) is 6.24. The van der Waals surface area contributed by atoms with Gasteiger partial charge in [-0.05, 0) is 32.1 Å². The summed E-state index contributed by atoms with van der Waals surface area (Å²) in [6, 6.07) is -0.665. The van der Waals surface area contributed by atoms with Crippen LogP contribution < -0.4 is 0 Å². The molecule has 2 aliphatic rings. The van der Waals surface area contributed by atoms with E-state index in [1.54, 1.807) is 9.80 Å². The van der Waals surface area contributed by atoms with Crippen LogP contribution in [0.1, 0.15) is 39.0 Å². The number of piperidine rings is 2. The van der Waals surface area contributed by atoms with Crippen LogP contribution in [0.5, 0.6) is 0 Å². The summed E-state index contributed by atoms with van der Waals surface area (Å²) in [7, 11) is 0. The van der Waals surface area contributed by atoms with Gasteiger partial charge in [0.2, 0.25) is 11.8 Å². The quantitative estimate of drug-likeness (QED) is 0.809. The number of aliphatic carboxylic acids is 1. The molecule has 0 aliphatic carbocycles. The van der Waals surface area contributed by atoms with Gasteiger partial charge in [0, 0.05) is 32.5 Å². The topological polar surface area (TPSA) is 77.9 Å². The van der Waals surface area contributed by atoms with Crippen LogP contribution in [0.4, 0.5) is 0 Å². The van der Waals surface area contributed by atoms with Gasteiger partial charge in [-0.25, -0.2) is 4.79 Å². The zero-order valence-electron chi connectivity index (χ0n) is 11.9. The summed E-state index contributed by atoms with van der Waals surface area (Å²) in [5, 5.41) is 9.22. The summed E-state index contributed by atoms with van der Waals surface area (Å²) >= 11 is 0. The summed E-state index contributed by atoms with van der Waals surface area (Å²) < 4.78 is 0. The number of rotatable bonds is 2. The highest BCUT2D eigenvalue weighted by Crippen LogP contribution is 2.25. The first-order chi connectivity index (χ1) is 9.50. The molecular formula is C14H22N2O4. The van der Waals surface area contributed by atoms with Crippen LogP contribution in [0.3, 0.4) is 0 Å². The van der Waals surface area contributed by atoms with Crippen molar-refractivity contribution in [1.29, 1.82) is 0 Å². The molecule has 0 aromatic carbocycles. The summed E-state index contributed by atoms with van der Waals surface area (Å²) in [5.41, 5.74) is 0. The van der Waals surface area contributed by atoms with Gasteiger partial charge in [0.25, 0.3) is 0 Å². The van der Waals surface area contributed by atoms with E-state index in [1.165, 1.54) is 6.92 Å². The number of nitrogens with zero attached hydrogens (tertiary/aromatic N) is 2. The van der Waals surface area contributed by atoms with Gasteiger partial charge in [-0.3, -0.25) is 9.59 Å². The standard InChI is InChI=1S/C14H22N2O4/c1-10(17)15-8-5-11(6-9-15)13(18)16-7-3-2-4-12(16)14(19)20/h11-12H,2-9H2,1H3,(H,19,20)/t12-/m0/s1. The van der Waals surface area contributed by atoms with Gasteiger partial charge in [-0.2, -0.15) is 0 Å². The molecule has 2 fully saturated rings. The van der Waals surface area contributed by atoms with Crippen molar-refractivity contribution in [2.45, 2.75) is 45.1 Å². The molecule has 2 aliphatic heterocycles. The van der Waals surface area contributed by atoms with E-state index >= 15 is 0 Å². The molecule has 6 nitrogen and oxygen atoms in total. The van der Waals surface area contributed by atoms with Crippen molar-refractivity contribution in [2.75, 3.05) is 19.6 Å². The van der Waals surface area contributed by atoms with E-state index in [0.29, 0.717) is 38.9 Å². The monoisotopic (exact) mass is 282 g/mol. The summed E-state index contributed by atoms with van der Waals surface area (Å²) in [6.45, 7) is 3.27. The molecule has 2 heterocycles. The zero-order valence-corrected chi connectivity index (χ0v) is 11.9. The van der Waals surface area contributed by atoms with Crippen LogP contribution in [0.2, 0.25) is 0 Å². The van der Waals surface area contributed by atoms with Crippen LogP contribution in [-0.2, 0) is 14.4 Å². The number of carboxylic acids is 1. The fraction of sp³-hybridized carbons (Fsp3) is 0.786. The van der Waals surface area contributed by atoms with Crippen LogP contribution in [-0.4, -0.2) is 58.4 Å². The Morgan fingerprint density at radius 1 is 1.00 bits per heavy atom. The Kier molecular flexibility index (Phi) is 4.62. The molecule has 0 aromatic rings. The van der Waals surface area contributed by atoms with Gasteiger partial charge in [0.15, 0.2) is 0 Å². The van der Waals surface area contributed by atoms with Crippen molar-refractivity contribution in [2.24, 2.45) is 5.92 Å². The molecule has 2 amide bonds. The summed E-state index contributed by atoms with van der Waals surface area (Å²) in [4.78, 5) is 38.3. The lowest BCUT2D eigenvalue weighted by Gasteiger charge is -2.38. The fourth-order valence-electron chi connectivity index (χ4n) is 3.13. The second-order valence-corrected chi connectivity index (χ2v) is 5.66. The molecular weight excluding hydrogens is 260 g/mol. The Morgan fingerprint density at radius 3 is 2.20 bits per heavy atom. The van der Waals surface area contributed by atoms with Crippen molar-refractivity contribution >= 4 is 17.8 Å². The van der Waals surface area contributed by atoms with Gasteiger partial charge >= 0.3 is 5.97 Å². The minimum Gasteiger partial charge on any atom is -0.480 e. The Bertz CT molecular complexity index is 402. The maximum absolute atomic E-state index is 12.5. The number of likely N-dealkylation sites (tertiary alicyclic amines) is 2. The highest BCUT2D eigenvalue weighted by atomic mass is 16.4. The average molecular weight is 282 g/mol. The maximum atomic E-state index is 12.5. The summed E-state index contributed by atoms with van der Waals surface area (Å²) in [5.74, 6) is -1.04. The van der Waals surface area contributed by atoms with Crippen molar-refractivity contribution in [3.05, 3.63) is 0 Å². The molecule has 0 aromatic heterocycles. The van der Waals surface area contributed by atoms with Crippen LogP contribution in [0, 0.1) is 5.92 Å². The Balaban J connectivity index is 1.97. The molecule has 1 atom stereocenters. The molecule has 2 saturated heterocycles. The molecule has 112 valence electrons. The molecule has 0 unspecified atom stereocenters. The van der Waals surface area contributed by atoms with Crippen molar-refractivity contribution in [3.8, 4) is 0 Å². The predicted octanol–water partition coefficient (Wildman–Crippen LogP) is 0.711. The van der Waals surface area contributed by atoms with Gasteiger partial charge in [-0.15, -0.1) is 0 Å². The highest BCUT2D eigenvalue weighted by Gasteiger charge is 2.36. The van der Waals surface area contributed by atoms with E-state index in [-0.39, 0.29) is 17.7 Å². The van der Waals surface area contributed by atoms with Gasteiger partial charge in [0.1, 0.15) is 6.04 Å². The maximum Gasteiger partial charge on any atom is 0.326 e. The molecule has 20 heavy (non-hydrogen) atoms. The van der Waals surface area contributed by atoms with Crippen LogP contribution in [0.25, 0.3) is 0 Å². The zero-order chi connectivity index (χ0) is 14.7. The van der Waals surface area contributed by atoms with Crippen LogP contribution >= 0.6 is 0 Å². The van der Waals surface area contributed by atoms with Gasteiger partial charge in [0.05, 0.1) is 0 Å². The Hall–Kier alpha value is -1.59. The average Bonchev–Trinajstić information content (AvgIpc) is 2.46. The minimum atomic E-state index is -0.903. The number of carbonyl (C=O) groups excluding carboxylic acids is 2. The minimum absolute atomic E-state index is 0.0392. The summed E-state index contributed by atoms with van der Waals surface area (Å²) in [6.07, 6.45) is 3.57. The number of amides is 2. The largest absolute Gasteiger partial charge is 0.480 e. The first kappa shape index (κ1) is 14.8. The van der Waals surface area contributed by atoms with Crippen molar-refractivity contribution in [3.63, 3.8) is 0 Å². The Morgan fingerprint density at radius 2 is 1.65 bits per heavy atom. The highest BCUT2D eigenvalue weighted by molar-refractivity contribution is 5.85. The number of hydrogen-bond donors (Lipinski definition) is 1. The van der Waals surface area contributed by atoms with Crippen molar-refractivity contribution < 1.29 is 19.5 Å². The number of carboxylic acid groups (broad SMARTS) is 1. The molecule has 0 spiro atoms. The van der Waals surface area contributed by atoms with E-state index in [2.05, 4.69) is 0 Å². The van der Waals surface area contributed by atoms with E-state index < -0.39 is 12.0 Å². The second-order valence-electron chi connectivity index (χ2n) is 5.66. The first-order valence-corrected chi connectivity index (χ1v) is 7.29. The Labute approximate surface area is 118 Å². The molecule has 1 N–H and O–H groups in total. The van der Waals surface area contributed by atoms with E-state index in [4.69, 9.17) is 0 Å². The van der Waals surface area contributed by atoms with Crippen molar-refractivity contribution in [1.82, 2.24) is 9.80 Å². The van der Waals surface area contributed by atoms with E-state index in [0.717, 1.165) is 12.8 Å². The molecule has 0 saturated carbocycles. The fourth-order valence-corrected chi connectivity index (χ4v) is 3.13. The lowest BCUT2D eigenvalue weighted by atomic mass is 9.92. The number of carbonyl (C=O) groups is 3. The predicted molar refractivity (Wildman–Crippen MR) is 72.0 cm³/mol. The molecule has 0 radical (unpaired) electrons. The lowest BCUT2D eigenvalue weighted by Crippen LogP contribution is -2.51. The normalized spacial score (nSPS) is 24.6. The lowest BCUT2D eigenvalue weighted by molar-refractivity contribution is -0.155. The van der Waals surface area contributed by atoms with Crippen LogP contribution in [0.15, 0.2) is 0 Å². The van der Waals surface area contributed by atoms with Gasteiger partial charge < -0.3 is 14.9 Å². The number of hydrogen-bond acceptors (Lipinski definition) is 3. The third-order valence-corrected chi connectivity index (χ3v) is 4.36. The molecule has 0 bridgehead atoms. The van der Waals surface area contributed by atoms with Gasteiger partial charge in [-0.1, -0.05) is 0 Å². The van der Waals surface area contributed by atoms with E-state index in [1.807, 2.05) is 0 Å². The SMILES string of the molecule is CC(=O)N1CCC(C(=O)N2CCCC[C@H]2C(=O)O)CC1. The smallest absolute Gasteiger partial charge is 0.326 e. The van der Waals surface area contributed by atoms with E-state index in [9.17, 15) is 19.5 Å². The third-order valence-electron chi connectivity index (χ3n) is 4.36. The molecule has 2 rings (SSSR count). The first-order valence-electron chi connectivity index (χ1n) is 7.29.